The molecule has 0 bridgehead atoms. The second-order valence-electron chi connectivity index (χ2n) is 5.83. The van der Waals surface area contributed by atoms with Crippen molar-refractivity contribution in [3.05, 3.63) is 65.7 Å². The standard InChI is InChI=1S/C20H21N3O2S/c1-3-18-19(24)23(14-16-7-5-4-6-8-16)20(26-18)22-21-13-15-9-11-17(25-2)12-10-15/h4-13,18H,3,14H2,1-2H3/b21-13-,22-20-/t18-/m0/s1. The van der Waals surface area contributed by atoms with Crippen molar-refractivity contribution < 1.29 is 9.53 Å². The highest BCUT2D eigenvalue weighted by molar-refractivity contribution is 8.15. The number of amides is 1. The first-order valence-corrected chi connectivity index (χ1v) is 9.36. The van der Waals surface area contributed by atoms with Crippen LogP contribution in [0.3, 0.4) is 0 Å². The van der Waals surface area contributed by atoms with Gasteiger partial charge < -0.3 is 4.74 Å². The van der Waals surface area contributed by atoms with Crippen LogP contribution in [0, 0.1) is 0 Å². The molecule has 0 spiro atoms. The summed E-state index contributed by atoms with van der Waals surface area (Å²) in [4.78, 5) is 14.3. The smallest absolute Gasteiger partial charge is 0.242 e. The molecule has 6 heteroatoms. The summed E-state index contributed by atoms with van der Waals surface area (Å²) in [5.41, 5.74) is 2.00. The van der Waals surface area contributed by atoms with Gasteiger partial charge in [-0.05, 0) is 41.8 Å². The number of methoxy groups -OCH3 is 1. The third kappa shape index (κ3) is 4.32. The van der Waals surface area contributed by atoms with Crippen LogP contribution < -0.4 is 4.74 Å². The molecule has 2 aromatic rings. The van der Waals surface area contributed by atoms with E-state index < -0.39 is 0 Å². The molecule has 5 nitrogen and oxygen atoms in total. The first kappa shape index (κ1) is 18.2. The third-order valence-corrected chi connectivity index (χ3v) is 5.37. The highest BCUT2D eigenvalue weighted by Gasteiger charge is 2.36. The summed E-state index contributed by atoms with van der Waals surface area (Å²) in [6.07, 6.45) is 2.45. The van der Waals surface area contributed by atoms with Gasteiger partial charge in [0.25, 0.3) is 0 Å². The van der Waals surface area contributed by atoms with Gasteiger partial charge in [-0.25, -0.2) is 0 Å². The molecule has 1 fully saturated rings. The summed E-state index contributed by atoms with van der Waals surface area (Å²) in [6.45, 7) is 2.53. The van der Waals surface area contributed by atoms with Gasteiger partial charge in [0, 0.05) is 0 Å². The molecule has 26 heavy (non-hydrogen) atoms. The van der Waals surface area contributed by atoms with Gasteiger partial charge in [0.05, 0.1) is 25.1 Å². The molecule has 3 rings (SSSR count). The van der Waals surface area contributed by atoms with Crippen LogP contribution in [0.2, 0.25) is 0 Å². The Balaban J connectivity index is 1.76. The number of benzene rings is 2. The highest BCUT2D eigenvalue weighted by Crippen LogP contribution is 2.30. The van der Waals surface area contributed by atoms with Gasteiger partial charge >= 0.3 is 0 Å². The van der Waals surface area contributed by atoms with Crippen molar-refractivity contribution in [2.45, 2.75) is 25.1 Å². The lowest BCUT2D eigenvalue weighted by Gasteiger charge is -2.15. The molecule has 0 aliphatic carbocycles. The van der Waals surface area contributed by atoms with Crippen molar-refractivity contribution in [1.29, 1.82) is 0 Å². The number of ether oxygens (including phenoxy) is 1. The van der Waals surface area contributed by atoms with E-state index in [0.717, 1.165) is 23.3 Å². The molecule has 1 amide bonds. The average Bonchev–Trinajstić information content (AvgIpc) is 2.98. The summed E-state index contributed by atoms with van der Waals surface area (Å²) in [6, 6.07) is 17.5. The van der Waals surface area contributed by atoms with E-state index in [0.29, 0.717) is 11.7 Å². The van der Waals surface area contributed by atoms with Gasteiger partial charge in [-0.1, -0.05) is 49.0 Å². The van der Waals surface area contributed by atoms with Crippen molar-refractivity contribution in [3.63, 3.8) is 0 Å². The van der Waals surface area contributed by atoms with E-state index in [2.05, 4.69) is 10.2 Å². The largest absolute Gasteiger partial charge is 0.497 e. The van der Waals surface area contributed by atoms with Gasteiger partial charge in [-0.15, -0.1) is 5.10 Å². The topological polar surface area (TPSA) is 54.3 Å². The zero-order valence-electron chi connectivity index (χ0n) is 14.8. The number of amidine groups is 1. The van der Waals surface area contributed by atoms with E-state index in [1.807, 2.05) is 61.5 Å². The van der Waals surface area contributed by atoms with Crippen molar-refractivity contribution in [1.82, 2.24) is 4.90 Å². The Labute approximate surface area is 157 Å². The second kappa shape index (κ2) is 8.67. The second-order valence-corrected chi connectivity index (χ2v) is 6.99. The lowest BCUT2D eigenvalue weighted by Crippen LogP contribution is -2.31. The molecule has 0 aromatic heterocycles. The fourth-order valence-electron chi connectivity index (χ4n) is 2.59. The number of rotatable bonds is 6. The number of hydrogen-bond donors (Lipinski definition) is 0. The normalized spacial score (nSPS) is 18.8. The van der Waals surface area contributed by atoms with Crippen LogP contribution in [0.15, 0.2) is 64.8 Å². The quantitative estimate of drug-likeness (QED) is 0.574. The summed E-state index contributed by atoms with van der Waals surface area (Å²) in [5, 5.41) is 9.05. The Morgan fingerprint density at radius 3 is 2.54 bits per heavy atom. The molecule has 1 aliphatic rings. The molecule has 0 unspecified atom stereocenters. The number of carbonyl (C=O) groups excluding carboxylic acids is 1. The fraction of sp³-hybridized carbons (Fsp3) is 0.250. The predicted molar refractivity (Wildman–Crippen MR) is 107 cm³/mol. The maximum absolute atomic E-state index is 12.6. The summed E-state index contributed by atoms with van der Waals surface area (Å²) >= 11 is 1.48. The van der Waals surface area contributed by atoms with E-state index in [-0.39, 0.29) is 11.2 Å². The van der Waals surface area contributed by atoms with Gasteiger partial charge in [-0.2, -0.15) is 5.10 Å². The van der Waals surface area contributed by atoms with E-state index in [1.54, 1.807) is 18.2 Å². The number of thioether (sulfide) groups is 1. The number of hydrogen-bond acceptors (Lipinski definition) is 5. The van der Waals surface area contributed by atoms with Crippen LogP contribution >= 0.6 is 11.8 Å². The number of nitrogens with zero attached hydrogens (tertiary/aromatic N) is 3. The van der Waals surface area contributed by atoms with Crippen LogP contribution in [0.25, 0.3) is 0 Å². The molecular formula is C20H21N3O2S. The van der Waals surface area contributed by atoms with Crippen LogP contribution in [-0.2, 0) is 11.3 Å². The fourth-order valence-corrected chi connectivity index (χ4v) is 3.62. The first-order chi connectivity index (χ1) is 12.7. The molecule has 2 aromatic carbocycles. The first-order valence-electron chi connectivity index (χ1n) is 8.48. The molecule has 1 aliphatic heterocycles. The zero-order chi connectivity index (χ0) is 18.4. The maximum atomic E-state index is 12.6. The monoisotopic (exact) mass is 367 g/mol. The third-order valence-electron chi connectivity index (χ3n) is 4.04. The van der Waals surface area contributed by atoms with Crippen LogP contribution in [-0.4, -0.2) is 34.5 Å². The minimum absolute atomic E-state index is 0.0892. The minimum atomic E-state index is -0.0892. The summed E-state index contributed by atoms with van der Waals surface area (Å²) < 4.78 is 5.14. The molecule has 134 valence electrons. The minimum Gasteiger partial charge on any atom is -0.497 e. The van der Waals surface area contributed by atoms with Gasteiger partial charge in [0.1, 0.15) is 5.75 Å². The molecule has 1 saturated heterocycles. The van der Waals surface area contributed by atoms with Crippen molar-refractivity contribution in [2.24, 2.45) is 10.2 Å². The van der Waals surface area contributed by atoms with Gasteiger partial charge in [0.2, 0.25) is 5.91 Å². The van der Waals surface area contributed by atoms with Crippen molar-refractivity contribution >= 4 is 29.1 Å². The lowest BCUT2D eigenvalue weighted by atomic mass is 10.2. The van der Waals surface area contributed by atoms with E-state index in [4.69, 9.17) is 4.74 Å². The SMILES string of the molecule is CC[C@@H]1S/C(=N\N=C/c2ccc(OC)cc2)N(Cc2ccccc2)C1=O. The zero-order valence-corrected chi connectivity index (χ0v) is 15.6. The summed E-state index contributed by atoms with van der Waals surface area (Å²) in [5.74, 6) is 0.894. The van der Waals surface area contributed by atoms with E-state index in [1.165, 1.54) is 11.8 Å². The maximum Gasteiger partial charge on any atom is 0.242 e. The van der Waals surface area contributed by atoms with Gasteiger partial charge in [0.15, 0.2) is 5.17 Å². The van der Waals surface area contributed by atoms with Gasteiger partial charge in [-0.3, -0.25) is 9.69 Å². The molecule has 0 radical (unpaired) electrons. The van der Waals surface area contributed by atoms with E-state index in [9.17, 15) is 4.79 Å². The summed E-state index contributed by atoms with van der Waals surface area (Å²) in [7, 11) is 1.63. The van der Waals surface area contributed by atoms with Crippen molar-refractivity contribution in [2.75, 3.05) is 7.11 Å². The van der Waals surface area contributed by atoms with E-state index >= 15 is 0 Å². The lowest BCUT2D eigenvalue weighted by molar-refractivity contribution is -0.126. The Bertz CT molecular complexity index is 804. The van der Waals surface area contributed by atoms with Crippen LogP contribution in [0.5, 0.6) is 5.75 Å². The average molecular weight is 367 g/mol. The van der Waals surface area contributed by atoms with Crippen molar-refractivity contribution in [3.8, 4) is 5.75 Å². The molecule has 0 N–H and O–H groups in total. The predicted octanol–water partition coefficient (Wildman–Crippen LogP) is 3.94. The van der Waals surface area contributed by atoms with Crippen LogP contribution in [0.1, 0.15) is 24.5 Å². The Kier molecular flexibility index (Phi) is 6.07. The molecular weight excluding hydrogens is 346 g/mol. The Morgan fingerprint density at radius 2 is 1.88 bits per heavy atom. The Morgan fingerprint density at radius 1 is 1.15 bits per heavy atom. The number of carbonyl (C=O) groups is 1. The Hall–Kier alpha value is -2.60. The van der Waals surface area contributed by atoms with Crippen LogP contribution in [0.4, 0.5) is 0 Å². The molecule has 1 atom stereocenters. The molecule has 0 saturated carbocycles. The highest BCUT2D eigenvalue weighted by atomic mass is 32.2. The molecule has 1 heterocycles.